The maximum atomic E-state index is 12.8. The van der Waals surface area contributed by atoms with E-state index in [4.69, 9.17) is 0 Å². The zero-order valence-corrected chi connectivity index (χ0v) is 12.9. The van der Waals surface area contributed by atoms with E-state index in [-0.39, 0.29) is 17.2 Å². The molecule has 2 aromatic rings. The third-order valence-electron chi connectivity index (χ3n) is 5.36. The van der Waals surface area contributed by atoms with Crippen LogP contribution in [0.25, 0.3) is 0 Å². The number of fused-ring (bicyclic) bond motifs is 5. The molecule has 0 saturated carbocycles. The third kappa shape index (κ3) is 1.65. The van der Waals surface area contributed by atoms with Crippen molar-refractivity contribution in [1.82, 2.24) is 0 Å². The molecule has 0 spiro atoms. The van der Waals surface area contributed by atoms with Crippen molar-refractivity contribution in [2.24, 2.45) is 5.41 Å². The standard InChI is InChI=1S/C19H20N2O/c1-19-11-10-12-13(7-5-9-15(12)20-2)17(19)14-6-3-4-8-16(14)21-18(19)22/h3-9,17,20H,10-11H2,1-2H3,(H,21,22)/t17-,19-/m1/s1. The van der Waals surface area contributed by atoms with Crippen molar-refractivity contribution in [3.8, 4) is 0 Å². The lowest BCUT2D eigenvalue weighted by atomic mass is 9.60. The summed E-state index contributed by atoms with van der Waals surface area (Å²) in [7, 11) is 1.96. The molecule has 4 rings (SSSR count). The summed E-state index contributed by atoms with van der Waals surface area (Å²) in [5.74, 6) is 0.284. The van der Waals surface area contributed by atoms with Gasteiger partial charge in [0.2, 0.25) is 5.91 Å². The molecule has 0 aromatic heterocycles. The van der Waals surface area contributed by atoms with Gasteiger partial charge in [-0.1, -0.05) is 30.3 Å². The van der Waals surface area contributed by atoms with Crippen LogP contribution in [-0.2, 0) is 11.2 Å². The minimum Gasteiger partial charge on any atom is -0.388 e. The monoisotopic (exact) mass is 292 g/mol. The number of carbonyl (C=O) groups excluding carboxylic acids is 1. The van der Waals surface area contributed by atoms with Crippen LogP contribution in [0, 0.1) is 5.41 Å². The van der Waals surface area contributed by atoms with E-state index in [0.29, 0.717) is 0 Å². The predicted octanol–water partition coefficient (Wildman–Crippen LogP) is 3.76. The molecule has 2 atom stereocenters. The summed E-state index contributed by atoms with van der Waals surface area (Å²) < 4.78 is 0. The number of rotatable bonds is 1. The van der Waals surface area contributed by atoms with Crippen molar-refractivity contribution in [3.05, 3.63) is 59.2 Å². The summed E-state index contributed by atoms with van der Waals surface area (Å²) in [6.45, 7) is 2.11. The lowest BCUT2D eigenvalue weighted by molar-refractivity contribution is -0.126. The highest BCUT2D eigenvalue weighted by molar-refractivity contribution is 6.00. The first-order valence-electron chi connectivity index (χ1n) is 7.85. The van der Waals surface area contributed by atoms with Crippen LogP contribution < -0.4 is 10.6 Å². The van der Waals surface area contributed by atoms with Crippen molar-refractivity contribution in [3.63, 3.8) is 0 Å². The van der Waals surface area contributed by atoms with Crippen LogP contribution in [0.3, 0.4) is 0 Å². The fraction of sp³-hybridized carbons (Fsp3) is 0.316. The summed E-state index contributed by atoms with van der Waals surface area (Å²) in [6.07, 6.45) is 1.82. The highest BCUT2D eigenvalue weighted by atomic mass is 16.2. The Hall–Kier alpha value is -2.29. The molecule has 3 heteroatoms. The Labute approximate surface area is 130 Å². The Morgan fingerprint density at radius 3 is 2.73 bits per heavy atom. The molecule has 2 N–H and O–H groups in total. The molecule has 0 fully saturated rings. The first-order chi connectivity index (χ1) is 10.6. The minimum absolute atomic E-state index is 0.134. The van der Waals surface area contributed by atoms with Gasteiger partial charge in [0, 0.05) is 24.3 Å². The second-order valence-electron chi connectivity index (χ2n) is 6.52. The van der Waals surface area contributed by atoms with E-state index >= 15 is 0 Å². The quantitative estimate of drug-likeness (QED) is 0.840. The van der Waals surface area contributed by atoms with Crippen LogP contribution in [0.2, 0.25) is 0 Å². The average Bonchev–Trinajstić information content (AvgIpc) is 2.54. The molecule has 1 heterocycles. The van der Waals surface area contributed by atoms with E-state index in [1.54, 1.807) is 0 Å². The van der Waals surface area contributed by atoms with Crippen molar-refractivity contribution < 1.29 is 4.79 Å². The lowest BCUT2D eigenvalue weighted by Crippen LogP contribution is -2.46. The van der Waals surface area contributed by atoms with E-state index < -0.39 is 0 Å². The SMILES string of the molecule is CNc1cccc2c1CC[C@@]1(C)C(=O)Nc3ccccc3[C@@H]21. The van der Waals surface area contributed by atoms with Gasteiger partial charge in [0.1, 0.15) is 0 Å². The molecule has 1 aliphatic carbocycles. The summed E-state index contributed by atoms with van der Waals surface area (Å²) >= 11 is 0. The zero-order valence-electron chi connectivity index (χ0n) is 12.9. The van der Waals surface area contributed by atoms with Crippen molar-refractivity contribution in [1.29, 1.82) is 0 Å². The molecule has 0 saturated heterocycles. The van der Waals surface area contributed by atoms with Crippen molar-refractivity contribution in [2.75, 3.05) is 17.7 Å². The topological polar surface area (TPSA) is 41.1 Å². The highest BCUT2D eigenvalue weighted by Crippen LogP contribution is 2.54. The Morgan fingerprint density at radius 1 is 1.14 bits per heavy atom. The van der Waals surface area contributed by atoms with Gasteiger partial charge in [-0.05, 0) is 48.6 Å². The molecule has 22 heavy (non-hydrogen) atoms. The second kappa shape index (κ2) is 4.60. The van der Waals surface area contributed by atoms with Gasteiger partial charge in [-0.3, -0.25) is 4.79 Å². The fourth-order valence-electron chi connectivity index (χ4n) is 4.14. The molecular formula is C19H20N2O. The van der Waals surface area contributed by atoms with Crippen molar-refractivity contribution >= 4 is 17.3 Å². The van der Waals surface area contributed by atoms with E-state index in [9.17, 15) is 4.79 Å². The Balaban J connectivity index is 1.99. The summed E-state index contributed by atoms with van der Waals surface area (Å²) in [4.78, 5) is 12.8. The fourth-order valence-corrected chi connectivity index (χ4v) is 4.14. The number of benzene rings is 2. The molecule has 112 valence electrons. The maximum Gasteiger partial charge on any atom is 0.231 e. The minimum atomic E-state index is -0.367. The Bertz CT molecular complexity index is 768. The summed E-state index contributed by atoms with van der Waals surface area (Å²) in [5.41, 5.74) is 5.66. The van der Waals surface area contributed by atoms with Crippen molar-refractivity contribution in [2.45, 2.75) is 25.7 Å². The molecule has 1 amide bonds. The van der Waals surface area contributed by atoms with Gasteiger partial charge in [0.25, 0.3) is 0 Å². The maximum absolute atomic E-state index is 12.8. The Kier molecular flexibility index (Phi) is 2.80. The van der Waals surface area contributed by atoms with E-state index in [2.05, 4.69) is 47.9 Å². The Morgan fingerprint density at radius 2 is 1.91 bits per heavy atom. The summed E-state index contributed by atoms with van der Waals surface area (Å²) in [6, 6.07) is 14.6. The molecule has 0 radical (unpaired) electrons. The number of hydrogen-bond acceptors (Lipinski definition) is 2. The number of para-hydroxylation sites is 1. The van der Waals surface area contributed by atoms with Crippen LogP contribution >= 0.6 is 0 Å². The summed E-state index contributed by atoms with van der Waals surface area (Å²) in [5, 5.41) is 6.40. The molecule has 0 bridgehead atoms. The van der Waals surface area contributed by atoms with Gasteiger partial charge in [0.15, 0.2) is 0 Å². The van der Waals surface area contributed by atoms with Crippen LogP contribution in [0.1, 0.15) is 36.0 Å². The van der Waals surface area contributed by atoms with Gasteiger partial charge in [-0.15, -0.1) is 0 Å². The number of anilines is 2. The number of carbonyl (C=O) groups is 1. The molecule has 2 aromatic carbocycles. The van der Waals surface area contributed by atoms with Crippen LogP contribution in [0.5, 0.6) is 0 Å². The van der Waals surface area contributed by atoms with E-state index in [1.807, 2.05) is 19.2 Å². The number of amides is 1. The smallest absolute Gasteiger partial charge is 0.231 e. The van der Waals surface area contributed by atoms with Gasteiger partial charge in [-0.25, -0.2) is 0 Å². The first kappa shape index (κ1) is 13.4. The van der Waals surface area contributed by atoms with Gasteiger partial charge in [-0.2, -0.15) is 0 Å². The van der Waals surface area contributed by atoms with Gasteiger partial charge < -0.3 is 10.6 Å². The van der Waals surface area contributed by atoms with Crippen LogP contribution in [0.4, 0.5) is 11.4 Å². The normalized spacial score (nSPS) is 25.5. The third-order valence-corrected chi connectivity index (χ3v) is 5.36. The molecule has 1 aliphatic heterocycles. The number of hydrogen-bond donors (Lipinski definition) is 2. The average molecular weight is 292 g/mol. The van der Waals surface area contributed by atoms with Gasteiger partial charge >= 0.3 is 0 Å². The van der Waals surface area contributed by atoms with E-state index in [1.165, 1.54) is 22.4 Å². The molecular weight excluding hydrogens is 272 g/mol. The zero-order chi connectivity index (χ0) is 15.3. The number of nitrogens with one attached hydrogen (secondary N) is 2. The van der Waals surface area contributed by atoms with Crippen LogP contribution in [-0.4, -0.2) is 13.0 Å². The van der Waals surface area contributed by atoms with Gasteiger partial charge in [0.05, 0.1) is 5.41 Å². The molecule has 2 aliphatic rings. The van der Waals surface area contributed by atoms with Crippen LogP contribution in [0.15, 0.2) is 42.5 Å². The molecule has 3 nitrogen and oxygen atoms in total. The largest absolute Gasteiger partial charge is 0.388 e. The molecule has 0 unspecified atom stereocenters. The first-order valence-corrected chi connectivity index (χ1v) is 7.85. The predicted molar refractivity (Wildman–Crippen MR) is 89.3 cm³/mol. The van der Waals surface area contributed by atoms with E-state index in [0.717, 1.165) is 18.5 Å². The highest BCUT2D eigenvalue weighted by Gasteiger charge is 2.49. The lowest BCUT2D eigenvalue weighted by Gasteiger charge is -2.45. The second-order valence-corrected chi connectivity index (χ2v) is 6.52.